The Hall–Kier alpha value is -3.34. The van der Waals surface area contributed by atoms with Crippen LogP contribution in [0.2, 0.25) is 0 Å². The fourth-order valence-electron chi connectivity index (χ4n) is 5.35. The smallest absolute Gasteiger partial charge is 0.371 e. The summed E-state index contributed by atoms with van der Waals surface area (Å²) in [4.78, 5) is 29.1. The summed E-state index contributed by atoms with van der Waals surface area (Å²) in [7, 11) is 0. The maximum Gasteiger partial charge on any atom is 0.423 e. The molecule has 0 aliphatic carbocycles. The molecule has 8 nitrogen and oxygen atoms in total. The molecule has 0 spiro atoms. The molecule has 2 aromatic carbocycles. The molecule has 0 saturated carbocycles. The third kappa shape index (κ3) is 7.44. The molecule has 0 radical (unpaired) electrons. The summed E-state index contributed by atoms with van der Waals surface area (Å²) in [6, 6.07) is 11.8. The van der Waals surface area contributed by atoms with Crippen molar-refractivity contribution < 1.29 is 22.9 Å². The van der Waals surface area contributed by atoms with Crippen molar-refractivity contribution in [3.63, 3.8) is 0 Å². The fraction of sp³-hybridized carbons (Fsp3) is 0.552. The van der Waals surface area contributed by atoms with Gasteiger partial charge in [0.05, 0.1) is 4.92 Å². The summed E-state index contributed by atoms with van der Waals surface area (Å²) >= 11 is 0. The van der Waals surface area contributed by atoms with Crippen molar-refractivity contribution in [3.05, 3.63) is 63.7 Å². The van der Waals surface area contributed by atoms with Crippen molar-refractivity contribution in [1.29, 1.82) is 0 Å². The van der Waals surface area contributed by atoms with Crippen molar-refractivity contribution in [1.82, 2.24) is 10.2 Å². The van der Waals surface area contributed by atoms with Crippen molar-refractivity contribution in [2.45, 2.75) is 57.7 Å². The van der Waals surface area contributed by atoms with Crippen LogP contribution in [0, 0.1) is 10.1 Å². The van der Waals surface area contributed by atoms with E-state index in [0.29, 0.717) is 44.6 Å². The average Bonchev–Trinajstić information content (AvgIpc) is 2.91. The Kier molecular flexibility index (Phi) is 8.92. The van der Waals surface area contributed by atoms with Gasteiger partial charge in [-0.05, 0) is 48.1 Å². The molecule has 2 aliphatic heterocycles. The molecule has 11 heteroatoms. The summed E-state index contributed by atoms with van der Waals surface area (Å²) in [5.74, 6) is -0.0201. The van der Waals surface area contributed by atoms with Crippen LogP contribution >= 0.6 is 0 Å². The number of piperazine rings is 1. The highest BCUT2D eigenvalue weighted by atomic mass is 19.4. The van der Waals surface area contributed by atoms with Crippen LogP contribution < -0.4 is 15.1 Å². The maximum atomic E-state index is 13.3. The highest BCUT2D eigenvalue weighted by Gasteiger charge is 2.39. The monoisotopic (exact) mass is 561 g/mol. The molecular weight excluding hydrogens is 523 g/mol. The SMILES string of the molecule is CC(C)(C)c1ccc(N2CCN(CCC(=O)NC3CCN(c4ccc([N+](=O)[O-])c(C(F)(F)F)c4)CC3)CC2)cc1. The topological polar surface area (TPSA) is 82.0 Å². The highest BCUT2D eigenvalue weighted by Crippen LogP contribution is 2.38. The average molecular weight is 562 g/mol. The van der Waals surface area contributed by atoms with Gasteiger partial charge in [0.25, 0.3) is 5.69 Å². The minimum Gasteiger partial charge on any atom is -0.371 e. The first kappa shape index (κ1) is 29.6. The van der Waals surface area contributed by atoms with Crippen LogP contribution in [-0.4, -0.2) is 67.6 Å². The molecule has 2 heterocycles. The van der Waals surface area contributed by atoms with Gasteiger partial charge in [0.2, 0.25) is 5.91 Å². The molecule has 2 aliphatic rings. The van der Waals surface area contributed by atoms with Crippen LogP contribution in [0.1, 0.15) is 51.2 Å². The van der Waals surface area contributed by atoms with E-state index in [4.69, 9.17) is 0 Å². The van der Waals surface area contributed by atoms with Gasteiger partial charge in [-0.3, -0.25) is 19.8 Å². The molecule has 2 aromatic rings. The van der Waals surface area contributed by atoms with E-state index in [9.17, 15) is 28.1 Å². The standard InChI is InChI=1S/C29H38F3N5O3/c1-28(2,3)21-4-6-23(7-5-21)36-18-16-34(17-19-36)13-12-27(38)33-22-10-14-35(15-11-22)24-8-9-26(37(39)40)25(20-24)29(30,31)32/h4-9,20,22H,10-19H2,1-3H3,(H,33,38). The minimum absolute atomic E-state index is 0.0201. The number of nitrogens with zero attached hydrogens (tertiary/aromatic N) is 4. The number of carbonyl (C=O) groups is 1. The molecule has 40 heavy (non-hydrogen) atoms. The molecule has 1 amide bonds. The number of benzene rings is 2. The molecule has 0 unspecified atom stereocenters. The number of alkyl halides is 3. The quantitative estimate of drug-likeness (QED) is 0.369. The van der Waals surface area contributed by atoms with Gasteiger partial charge in [-0.25, -0.2) is 0 Å². The number of nitro groups is 1. The number of hydrogen-bond acceptors (Lipinski definition) is 6. The molecule has 2 fully saturated rings. The normalized spacial score (nSPS) is 17.6. The number of anilines is 2. The Balaban J connectivity index is 1.19. The van der Waals surface area contributed by atoms with Crippen molar-refractivity contribution in [2.24, 2.45) is 0 Å². The summed E-state index contributed by atoms with van der Waals surface area (Å²) in [6.45, 7) is 11.8. The Morgan fingerprint density at radius 1 is 0.925 bits per heavy atom. The third-order valence-corrected chi connectivity index (χ3v) is 7.83. The summed E-state index contributed by atoms with van der Waals surface area (Å²) < 4.78 is 40.0. The number of rotatable bonds is 7. The Morgan fingerprint density at radius 3 is 2.05 bits per heavy atom. The molecular formula is C29H38F3N5O3. The summed E-state index contributed by atoms with van der Waals surface area (Å²) in [6.07, 6.45) is -3.22. The minimum atomic E-state index is -4.81. The van der Waals surface area contributed by atoms with E-state index in [1.165, 1.54) is 17.3 Å². The zero-order valence-electron chi connectivity index (χ0n) is 23.3. The summed E-state index contributed by atoms with van der Waals surface area (Å²) in [5, 5.41) is 14.1. The molecule has 0 atom stereocenters. The van der Waals surface area contributed by atoms with Crippen molar-refractivity contribution in [2.75, 3.05) is 55.6 Å². The van der Waals surface area contributed by atoms with Gasteiger partial charge in [-0.15, -0.1) is 0 Å². The summed E-state index contributed by atoms with van der Waals surface area (Å²) in [5.41, 5.74) is 0.766. The Morgan fingerprint density at radius 2 is 1.50 bits per heavy atom. The second-order valence-electron chi connectivity index (χ2n) is 11.7. The number of nitrogens with one attached hydrogen (secondary N) is 1. The van der Waals surface area contributed by atoms with E-state index in [0.717, 1.165) is 38.3 Å². The molecule has 2 saturated heterocycles. The van der Waals surface area contributed by atoms with Gasteiger partial charge in [0.15, 0.2) is 0 Å². The van der Waals surface area contributed by atoms with Crippen LogP contribution in [0.5, 0.6) is 0 Å². The maximum absolute atomic E-state index is 13.3. The van der Waals surface area contributed by atoms with Crippen LogP contribution in [0.15, 0.2) is 42.5 Å². The molecule has 1 N–H and O–H groups in total. The van der Waals surface area contributed by atoms with Gasteiger partial charge in [0, 0.05) is 75.7 Å². The lowest BCUT2D eigenvalue weighted by Gasteiger charge is -2.36. The zero-order valence-corrected chi connectivity index (χ0v) is 23.3. The second-order valence-corrected chi connectivity index (χ2v) is 11.7. The van der Waals surface area contributed by atoms with Crippen LogP contribution in [0.3, 0.4) is 0 Å². The molecule has 0 bridgehead atoms. The van der Waals surface area contributed by atoms with E-state index in [2.05, 4.69) is 60.2 Å². The van der Waals surface area contributed by atoms with Gasteiger partial charge < -0.3 is 15.1 Å². The predicted octanol–water partition coefficient (Wildman–Crippen LogP) is 5.21. The molecule has 0 aromatic heterocycles. The lowest BCUT2D eigenvalue weighted by Crippen LogP contribution is -2.48. The Labute approximate surface area is 233 Å². The van der Waals surface area contributed by atoms with E-state index in [-0.39, 0.29) is 17.4 Å². The number of carbonyl (C=O) groups excluding carboxylic acids is 1. The number of nitro benzene ring substituents is 1. The highest BCUT2D eigenvalue weighted by molar-refractivity contribution is 5.76. The zero-order chi connectivity index (χ0) is 29.1. The molecule has 218 valence electrons. The van der Waals surface area contributed by atoms with Crippen molar-refractivity contribution in [3.8, 4) is 0 Å². The largest absolute Gasteiger partial charge is 0.423 e. The van der Waals surface area contributed by atoms with E-state index < -0.39 is 22.4 Å². The first-order valence-corrected chi connectivity index (χ1v) is 13.8. The van der Waals surface area contributed by atoms with Gasteiger partial charge in [0.1, 0.15) is 5.56 Å². The van der Waals surface area contributed by atoms with E-state index >= 15 is 0 Å². The van der Waals surface area contributed by atoms with Crippen LogP contribution in [-0.2, 0) is 16.4 Å². The second kappa shape index (κ2) is 12.0. The van der Waals surface area contributed by atoms with Crippen LogP contribution in [0.25, 0.3) is 0 Å². The lowest BCUT2D eigenvalue weighted by molar-refractivity contribution is -0.388. The molecule has 4 rings (SSSR count). The lowest BCUT2D eigenvalue weighted by atomic mass is 9.87. The number of halogens is 3. The first-order valence-electron chi connectivity index (χ1n) is 13.8. The van der Waals surface area contributed by atoms with Gasteiger partial charge in [-0.2, -0.15) is 13.2 Å². The van der Waals surface area contributed by atoms with Gasteiger partial charge in [-0.1, -0.05) is 32.9 Å². The first-order chi connectivity index (χ1) is 18.8. The van der Waals surface area contributed by atoms with E-state index in [1.54, 1.807) is 4.90 Å². The predicted molar refractivity (Wildman–Crippen MR) is 150 cm³/mol. The van der Waals surface area contributed by atoms with Crippen LogP contribution in [0.4, 0.5) is 30.2 Å². The van der Waals surface area contributed by atoms with Gasteiger partial charge >= 0.3 is 6.18 Å². The fourth-order valence-corrected chi connectivity index (χ4v) is 5.35. The Bertz CT molecular complexity index is 1180. The third-order valence-electron chi connectivity index (χ3n) is 7.83. The number of amides is 1. The number of piperidine rings is 1. The number of hydrogen-bond donors (Lipinski definition) is 1. The van der Waals surface area contributed by atoms with E-state index in [1.807, 2.05) is 0 Å². The van der Waals surface area contributed by atoms with Crippen molar-refractivity contribution >= 4 is 23.0 Å².